The first-order chi connectivity index (χ1) is 14.3. The molecular weight excluding hydrogens is 370 g/mol. The molecular formula is C21H23N5O3. The number of pyridine rings is 1. The number of carbonyl (C=O) groups is 1. The zero-order valence-corrected chi connectivity index (χ0v) is 16.0. The molecule has 1 aromatic carbocycles. The fourth-order valence-corrected chi connectivity index (χ4v) is 4.04. The van der Waals surface area contributed by atoms with E-state index in [-0.39, 0.29) is 17.9 Å². The van der Waals surface area contributed by atoms with Crippen LogP contribution in [0.4, 0.5) is 17.2 Å². The van der Waals surface area contributed by atoms with Gasteiger partial charge in [-0.25, -0.2) is 4.98 Å². The molecule has 0 aliphatic carbocycles. The van der Waals surface area contributed by atoms with Gasteiger partial charge < -0.3 is 24.7 Å². The van der Waals surface area contributed by atoms with Crippen molar-refractivity contribution in [1.29, 1.82) is 0 Å². The fraction of sp³-hybridized carbons (Fsp3) is 0.381. The van der Waals surface area contributed by atoms with Crippen LogP contribution < -0.4 is 15.1 Å². The van der Waals surface area contributed by atoms with Gasteiger partial charge in [-0.05, 0) is 18.2 Å². The van der Waals surface area contributed by atoms with E-state index < -0.39 is 0 Å². The molecule has 5 rings (SSSR count). The number of amides is 1. The van der Waals surface area contributed by atoms with Crippen LogP contribution in [-0.4, -0.2) is 62.1 Å². The predicted molar refractivity (Wildman–Crippen MR) is 110 cm³/mol. The molecule has 4 heterocycles. The number of oxime groups is 1. The van der Waals surface area contributed by atoms with Gasteiger partial charge in [0.25, 0.3) is 5.91 Å². The third-order valence-electron chi connectivity index (χ3n) is 5.60. The lowest BCUT2D eigenvalue weighted by Crippen LogP contribution is -2.37. The first-order valence-electron chi connectivity index (χ1n) is 9.92. The third kappa shape index (κ3) is 3.63. The molecule has 0 spiro atoms. The second kappa shape index (κ2) is 7.71. The van der Waals surface area contributed by atoms with Crippen molar-refractivity contribution in [3.63, 3.8) is 0 Å². The third-order valence-corrected chi connectivity index (χ3v) is 5.60. The van der Waals surface area contributed by atoms with Crippen molar-refractivity contribution in [3.05, 3.63) is 48.7 Å². The lowest BCUT2D eigenvalue weighted by Gasteiger charge is -2.29. The van der Waals surface area contributed by atoms with Gasteiger partial charge in [-0.15, -0.1) is 0 Å². The van der Waals surface area contributed by atoms with Gasteiger partial charge in [0.05, 0.1) is 25.7 Å². The Bertz CT molecular complexity index is 914. The summed E-state index contributed by atoms with van der Waals surface area (Å²) in [6.07, 6.45) is 1.73. The SMILES string of the molecule is O=C(Nc1ccccc1)C1=NO[C@@H]2CN(c3ccnc(N4CCOCC4)c3)C[C@H]12. The van der Waals surface area contributed by atoms with E-state index in [0.29, 0.717) is 18.8 Å². The Hall–Kier alpha value is -3.13. The summed E-state index contributed by atoms with van der Waals surface area (Å²) in [5.74, 6) is 0.715. The summed E-state index contributed by atoms with van der Waals surface area (Å²) < 4.78 is 5.43. The van der Waals surface area contributed by atoms with E-state index in [4.69, 9.17) is 9.57 Å². The Labute approximate surface area is 169 Å². The molecule has 3 aliphatic heterocycles. The smallest absolute Gasteiger partial charge is 0.273 e. The van der Waals surface area contributed by atoms with E-state index in [1.807, 2.05) is 42.6 Å². The van der Waals surface area contributed by atoms with Crippen LogP contribution in [0, 0.1) is 5.92 Å². The number of fused-ring (bicyclic) bond motifs is 1. The van der Waals surface area contributed by atoms with E-state index in [1.54, 1.807) is 0 Å². The van der Waals surface area contributed by atoms with Gasteiger partial charge in [0, 0.05) is 43.3 Å². The number of morpholine rings is 1. The number of hydrogen-bond donors (Lipinski definition) is 1. The Kier molecular flexibility index (Phi) is 4.77. The van der Waals surface area contributed by atoms with Gasteiger partial charge >= 0.3 is 0 Å². The Morgan fingerprint density at radius 2 is 1.90 bits per heavy atom. The molecule has 1 amide bonds. The summed E-state index contributed by atoms with van der Waals surface area (Å²) in [7, 11) is 0. The molecule has 2 saturated heterocycles. The zero-order chi connectivity index (χ0) is 19.6. The molecule has 150 valence electrons. The number of anilines is 3. The van der Waals surface area contributed by atoms with E-state index in [9.17, 15) is 4.79 Å². The second-order valence-electron chi connectivity index (χ2n) is 7.42. The van der Waals surface area contributed by atoms with Crippen molar-refractivity contribution in [2.24, 2.45) is 11.1 Å². The topological polar surface area (TPSA) is 79.3 Å². The summed E-state index contributed by atoms with van der Waals surface area (Å²) in [5.41, 5.74) is 2.30. The minimum atomic E-state index is -0.200. The zero-order valence-electron chi connectivity index (χ0n) is 16.0. The number of hydrogen-bond acceptors (Lipinski definition) is 7. The molecule has 2 aromatic rings. The number of nitrogens with zero attached hydrogens (tertiary/aromatic N) is 4. The molecule has 2 fully saturated rings. The molecule has 1 aromatic heterocycles. The van der Waals surface area contributed by atoms with Gasteiger partial charge in [-0.3, -0.25) is 4.79 Å². The minimum absolute atomic E-state index is 0.0429. The van der Waals surface area contributed by atoms with Crippen LogP contribution in [0.3, 0.4) is 0 Å². The first-order valence-corrected chi connectivity index (χ1v) is 9.92. The maximum Gasteiger partial charge on any atom is 0.273 e. The molecule has 0 radical (unpaired) electrons. The largest absolute Gasteiger partial charge is 0.389 e. The van der Waals surface area contributed by atoms with Crippen molar-refractivity contribution < 1.29 is 14.4 Å². The van der Waals surface area contributed by atoms with E-state index in [1.165, 1.54) is 0 Å². The molecule has 0 saturated carbocycles. The highest BCUT2D eigenvalue weighted by Crippen LogP contribution is 2.32. The second-order valence-corrected chi connectivity index (χ2v) is 7.42. The van der Waals surface area contributed by atoms with Crippen LogP contribution in [0.25, 0.3) is 0 Å². The number of rotatable bonds is 4. The number of carbonyl (C=O) groups excluding carboxylic acids is 1. The van der Waals surface area contributed by atoms with E-state index in [2.05, 4.69) is 31.3 Å². The van der Waals surface area contributed by atoms with Crippen molar-refractivity contribution >= 4 is 28.8 Å². The monoisotopic (exact) mass is 393 g/mol. The van der Waals surface area contributed by atoms with Gasteiger partial charge in [-0.2, -0.15) is 0 Å². The van der Waals surface area contributed by atoms with E-state index >= 15 is 0 Å². The molecule has 1 N–H and O–H groups in total. The number of aromatic nitrogens is 1. The van der Waals surface area contributed by atoms with Crippen molar-refractivity contribution in [2.75, 3.05) is 54.5 Å². The maximum atomic E-state index is 12.7. The Morgan fingerprint density at radius 1 is 1.07 bits per heavy atom. The van der Waals surface area contributed by atoms with Crippen LogP contribution >= 0.6 is 0 Å². The van der Waals surface area contributed by atoms with Crippen molar-refractivity contribution in [1.82, 2.24) is 4.98 Å². The molecule has 0 unspecified atom stereocenters. The van der Waals surface area contributed by atoms with Crippen LogP contribution in [-0.2, 0) is 14.4 Å². The maximum absolute atomic E-state index is 12.7. The van der Waals surface area contributed by atoms with Crippen molar-refractivity contribution in [2.45, 2.75) is 6.10 Å². The average molecular weight is 393 g/mol. The number of para-hydroxylation sites is 1. The van der Waals surface area contributed by atoms with Gasteiger partial charge in [-0.1, -0.05) is 23.4 Å². The highest BCUT2D eigenvalue weighted by Gasteiger charge is 2.45. The standard InChI is InChI=1S/C21H23N5O3/c27-21(23-15-4-2-1-3-5-15)20-17-13-26(14-18(17)29-24-20)16-6-7-22-19(12-16)25-8-10-28-11-9-25/h1-7,12,17-18H,8-11,13-14H2,(H,23,27)/t17-,18+/m0/s1. The molecule has 29 heavy (non-hydrogen) atoms. The number of benzene rings is 1. The van der Waals surface area contributed by atoms with Crippen LogP contribution in [0.15, 0.2) is 53.8 Å². The fourth-order valence-electron chi connectivity index (χ4n) is 4.04. The van der Waals surface area contributed by atoms with Crippen LogP contribution in [0.2, 0.25) is 0 Å². The number of ether oxygens (including phenoxy) is 1. The van der Waals surface area contributed by atoms with Gasteiger partial charge in [0.1, 0.15) is 5.82 Å². The quantitative estimate of drug-likeness (QED) is 0.853. The molecule has 3 aliphatic rings. The predicted octanol–water partition coefficient (Wildman–Crippen LogP) is 1.75. The molecule has 2 atom stereocenters. The van der Waals surface area contributed by atoms with Crippen LogP contribution in [0.1, 0.15) is 0 Å². The summed E-state index contributed by atoms with van der Waals surface area (Å²) in [6, 6.07) is 13.5. The lowest BCUT2D eigenvalue weighted by atomic mass is 10.0. The number of nitrogens with one attached hydrogen (secondary N) is 1. The van der Waals surface area contributed by atoms with Gasteiger partial charge in [0.15, 0.2) is 11.8 Å². The summed E-state index contributed by atoms with van der Waals surface area (Å²) in [5, 5.41) is 6.99. The highest BCUT2D eigenvalue weighted by atomic mass is 16.6. The van der Waals surface area contributed by atoms with Crippen LogP contribution in [0.5, 0.6) is 0 Å². The highest BCUT2D eigenvalue weighted by molar-refractivity contribution is 6.44. The summed E-state index contributed by atoms with van der Waals surface area (Å²) in [6.45, 7) is 4.54. The average Bonchev–Trinajstić information content (AvgIpc) is 3.36. The molecule has 8 nitrogen and oxygen atoms in total. The molecule has 8 heteroatoms. The first kappa shape index (κ1) is 17.9. The summed E-state index contributed by atoms with van der Waals surface area (Å²) >= 11 is 0. The van der Waals surface area contributed by atoms with Gasteiger partial charge in [0.2, 0.25) is 0 Å². The normalized spacial score (nSPS) is 23.4. The Morgan fingerprint density at radius 3 is 2.72 bits per heavy atom. The van der Waals surface area contributed by atoms with Crippen molar-refractivity contribution in [3.8, 4) is 0 Å². The lowest BCUT2D eigenvalue weighted by molar-refractivity contribution is -0.110. The summed E-state index contributed by atoms with van der Waals surface area (Å²) in [4.78, 5) is 27.3. The Balaban J connectivity index is 1.27. The molecule has 0 bridgehead atoms. The minimum Gasteiger partial charge on any atom is -0.389 e. The van der Waals surface area contributed by atoms with E-state index in [0.717, 1.165) is 43.5 Å².